The van der Waals surface area contributed by atoms with Gasteiger partial charge in [-0.25, -0.2) is 0 Å². The number of nitrogens with zero attached hydrogens (tertiary/aromatic N) is 2. The summed E-state index contributed by atoms with van der Waals surface area (Å²) in [5.74, 6) is 1.49. The molecule has 1 aromatic heterocycles. The fraction of sp³-hybridized carbons (Fsp3) is 0.769. The lowest BCUT2D eigenvalue weighted by Crippen LogP contribution is -2.36. The van der Waals surface area contributed by atoms with Crippen LogP contribution >= 0.6 is 0 Å². The van der Waals surface area contributed by atoms with Crippen LogP contribution in [0.1, 0.15) is 38.7 Å². The molecule has 1 aliphatic carbocycles. The van der Waals surface area contributed by atoms with E-state index in [1.54, 1.807) is 0 Å². The molecule has 2 N–H and O–H groups in total. The Bertz CT molecular complexity index is 332. The van der Waals surface area contributed by atoms with Crippen molar-refractivity contribution in [2.45, 2.75) is 52.1 Å². The smallest absolute Gasteiger partial charge is 0.0521 e. The van der Waals surface area contributed by atoms with Crippen molar-refractivity contribution in [3.05, 3.63) is 18.0 Å². The zero-order valence-corrected chi connectivity index (χ0v) is 10.4. The van der Waals surface area contributed by atoms with E-state index in [2.05, 4.69) is 25.1 Å². The standard InChI is InChI=1S/C13H23N3/c1-3-16-9-11(8-15-16)7-12-6-10(2)4-5-13(12)14/h8-10,12-13H,3-7,14H2,1-2H3. The van der Waals surface area contributed by atoms with Crippen molar-refractivity contribution in [2.24, 2.45) is 17.6 Å². The minimum absolute atomic E-state index is 0.390. The van der Waals surface area contributed by atoms with Crippen LogP contribution < -0.4 is 5.73 Å². The van der Waals surface area contributed by atoms with Crippen molar-refractivity contribution in [2.75, 3.05) is 0 Å². The zero-order chi connectivity index (χ0) is 11.5. The summed E-state index contributed by atoms with van der Waals surface area (Å²) in [6, 6.07) is 0.390. The van der Waals surface area contributed by atoms with Gasteiger partial charge in [-0.1, -0.05) is 6.92 Å². The maximum absolute atomic E-state index is 6.20. The lowest BCUT2D eigenvalue weighted by molar-refractivity contribution is 0.244. The Labute approximate surface area is 98.0 Å². The van der Waals surface area contributed by atoms with Gasteiger partial charge in [0.15, 0.2) is 0 Å². The third-order valence-electron chi connectivity index (χ3n) is 3.81. The van der Waals surface area contributed by atoms with Crippen molar-refractivity contribution in [1.29, 1.82) is 0 Å². The highest BCUT2D eigenvalue weighted by atomic mass is 15.3. The van der Waals surface area contributed by atoms with Crippen molar-refractivity contribution in [3.63, 3.8) is 0 Å². The minimum Gasteiger partial charge on any atom is -0.327 e. The molecular formula is C13H23N3. The number of aromatic nitrogens is 2. The molecule has 0 aliphatic heterocycles. The maximum Gasteiger partial charge on any atom is 0.0521 e. The van der Waals surface area contributed by atoms with E-state index in [1.165, 1.54) is 24.8 Å². The molecule has 0 saturated heterocycles. The highest BCUT2D eigenvalue weighted by Gasteiger charge is 2.26. The fourth-order valence-electron chi connectivity index (χ4n) is 2.74. The molecule has 0 radical (unpaired) electrons. The summed E-state index contributed by atoms with van der Waals surface area (Å²) >= 11 is 0. The molecule has 1 aromatic rings. The lowest BCUT2D eigenvalue weighted by Gasteiger charge is -2.32. The van der Waals surface area contributed by atoms with Gasteiger partial charge in [-0.05, 0) is 50.0 Å². The first kappa shape index (κ1) is 11.6. The molecule has 16 heavy (non-hydrogen) atoms. The van der Waals surface area contributed by atoms with E-state index in [0.717, 1.165) is 18.9 Å². The molecule has 0 bridgehead atoms. The second-order valence-corrected chi connectivity index (χ2v) is 5.25. The third-order valence-corrected chi connectivity index (χ3v) is 3.81. The molecule has 2 rings (SSSR count). The Morgan fingerprint density at radius 2 is 2.31 bits per heavy atom. The number of rotatable bonds is 3. The fourth-order valence-corrected chi connectivity index (χ4v) is 2.74. The summed E-state index contributed by atoms with van der Waals surface area (Å²) in [6.07, 6.45) is 9.02. The Kier molecular flexibility index (Phi) is 3.64. The van der Waals surface area contributed by atoms with E-state index in [9.17, 15) is 0 Å². The summed E-state index contributed by atoms with van der Waals surface area (Å²) in [5, 5.41) is 4.32. The largest absolute Gasteiger partial charge is 0.327 e. The monoisotopic (exact) mass is 221 g/mol. The molecule has 1 fully saturated rings. The van der Waals surface area contributed by atoms with E-state index in [0.29, 0.717) is 12.0 Å². The summed E-state index contributed by atoms with van der Waals surface area (Å²) < 4.78 is 1.99. The van der Waals surface area contributed by atoms with Crippen LogP contribution in [0.25, 0.3) is 0 Å². The average molecular weight is 221 g/mol. The molecule has 90 valence electrons. The van der Waals surface area contributed by atoms with Crippen LogP contribution in [0.3, 0.4) is 0 Å². The highest BCUT2D eigenvalue weighted by Crippen LogP contribution is 2.30. The Balaban J connectivity index is 1.97. The summed E-state index contributed by atoms with van der Waals surface area (Å²) in [6.45, 7) is 5.41. The van der Waals surface area contributed by atoms with E-state index in [4.69, 9.17) is 5.73 Å². The van der Waals surface area contributed by atoms with Crippen molar-refractivity contribution in [1.82, 2.24) is 9.78 Å². The number of nitrogens with two attached hydrogens (primary N) is 1. The van der Waals surface area contributed by atoms with Gasteiger partial charge < -0.3 is 5.73 Å². The SMILES string of the molecule is CCn1cc(CC2CC(C)CCC2N)cn1. The first-order valence-corrected chi connectivity index (χ1v) is 6.46. The molecule has 0 amide bonds. The zero-order valence-electron chi connectivity index (χ0n) is 10.4. The van der Waals surface area contributed by atoms with Crippen LogP contribution in [0.4, 0.5) is 0 Å². The average Bonchev–Trinajstić information content (AvgIpc) is 2.71. The Morgan fingerprint density at radius 3 is 3.00 bits per heavy atom. The van der Waals surface area contributed by atoms with Crippen LogP contribution in [-0.4, -0.2) is 15.8 Å². The number of hydrogen-bond donors (Lipinski definition) is 1. The molecule has 0 spiro atoms. The van der Waals surface area contributed by atoms with Gasteiger partial charge in [0.25, 0.3) is 0 Å². The molecule has 3 unspecified atom stereocenters. The van der Waals surface area contributed by atoms with Gasteiger partial charge in [-0.2, -0.15) is 5.10 Å². The van der Waals surface area contributed by atoms with Gasteiger partial charge in [-0.15, -0.1) is 0 Å². The molecule has 0 aromatic carbocycles. The second-order valence-electron chi connectivity index (χ2n) is 5.25. The Morgan fingerprint density at radius 1 is 1.50 bits per heavy atom. The predicted octanol–water partition coefficient (Wildman–Crippen LogP) is 2.21. The van der Waals surface area contributed by atoms with E-state index < -0.39 is 0 Å². The van der Waals surface area contributed by atoms with Crippen molar-refractivity contribution in [3.8, 4) is 0 Å². The van der Waals surface area contributed by atoms with E-state index in [1.807, 2.05) is 10.9 Å². The van der Waals surface area contributed by atoms with Crippen LogP contribution in [0.2, 0.25) is 0 Å². The minimum atomic E-state index is 0.390. The van der Waals surface area contributed by atoms with Crippen LogP contribution in [0, 0.1) is 11.8 Å². The molecule has 1 heterocycles. The van der Waals surface area contributed by atoms with Crippen LogP contribution in [0.5, 0.6) is 0 Å². The topological polar surface area (TPSA) is 43.8 Å². The van der Waals surface area contributed by atoms with Crippen LogP contribution in [-0.2, 0) is 13.0 Å². The lowest BCUT2D eigenvalue weighted by atomic mass is 9.77. The van der Waals surface area contributed by atoms with Crippen molar-refractivity contribution < 1.29 is 0 Å². The van der Waals surface area contributed by atoms with E-state index in [-0.39, 0.29) is 0 Å². The van der Waals surface area contributed by atoms with Gasteiger partial charge >= 0.3 is 0 Å². The molecule has 3 heteroatoms. The number of hydrogen-bond acceptors (Lipinski definition) is 2. The summed E-state index contributed by atoms with van der Waals surface area (Å²) in [5.41, 5.74) is 7.55. The predicted molar refractivity (Wildman–Crippen MR) is 66.1 cm³/mol. The summed E-state index contributed by atoms with van der Waals surface area (Å²) in [7, 11) is 0. The van der Waals surface area contributed by atoms with Gasteiger partial charge in [0.2, 0.25) is 0 Å². The van der Waals surface area contributed by atoms with Gasteiger partial charge in [0.05, 0.1) is 6.20 Å². The maximum atomic E-state index is 6.20. The van der Waals surface area contributed by atoms with Crippen molar-refractivity contribution >= 4 is 0 Å². The quantitative estimate of drug-likeness (QED) is 0.850. The first-order valence-electron chi connectivity index (χ1n) is 6.46. The highest BCUT2D eigenvalue weighted by molar-refractivity contribution is 5.06. The van der Waals surface area contributed by atoms with Gasteiger partial charge in [-0.3, -0.25) is 4.68 Å². The molecule has 1 saturated carbocycles. The van der Waals surface area contributed by atoms with Gasteiger partial charge in [0, 0.05) is 18.8 Å². The molecule has 1 aliphatic rings. The third kappa shape index (κ3) is 2.64. The first-order chi connectivity index (χ1) is 7.69. The van der Waals surface area contributed by atoms with Gasteiger partial charge in [0.1, 0.15) is 0 Å². The molecular weight excluding hydrogens is 198 g/mol. The molecule has 3 atom stereocenters. The van der Waals surface area contributed by atoms with Crippen LogP contribution in [0.15, 0.2) is 12.4 Å². The number of aryl methyl sites for hydroxylation is 1. The normalized spacial score (nSPS) is 30.6. The second kappa shape index (κ2) is 5.00. The Hall–Kier alpha value is -0.830. The van der Waals surface area contributed by atoms with E-state index >= 15 is 0 Å². The summed E-state index contributed by atoms with van der Waals surface area (Å²) in [4.78, 5) is 0. The molecule has 3 nitrogen and oxygen atoms in total.